The average molecular weight is 529 g/mol. The summed E-state index contributed by atoms with van der Waals surface area (Å²) in [5, 5.41) is 23.5. The van der Waals surface area contributed by atoms with Crippen LogP contribution in [0, 0.1) is 17.2 Å². The van der Waals surface area contributed by atoms with Crippen LogP contribution in [0.2, 0.25) is 0 Å². The number of rotatable bonds is 14. The second-order valence-electron chi connectivity index (χ2n) is 10.5. The number of aryl methyl sites for hydroxylation is 1. The van der Waals surface area contributed by atoms with Gasteiger partial charge in [-0.3, -0.25) is 4.79 Å². The van der Waals surface area contributed by atoms with Crippen LogP contribution in [0.25, 0.3) is 0 Å². The predicted octanol–water partition coefficient (Wildman–Crippen LogP) is 5.17. The summed E-state index contributed by atoms with van der Waals surface area (Å²) in [5.74, 6) is 0.806. The standard InChI is InChI=1S/C30H40N2O4.ClH/c1-4-5-14-35-29(34)13-11-22-10-12-26(19-31)28(17-22)36-21-27(33)20-32-30(2,3)18-23-15-24-8-6-7-9-25(24)16-23;/h6-10,12,17,23,27,32-33H,4-5,11,13-16,18,20-21H2,1-3H3;1H/t27-;/m1./s1. The summed E-state index contributed by atoms with van der Waals surface area (Å²) in [4.78, 5) is 11.9. The maximum Gasteiger partial charge on any atom is 0.306 e. The van der Waals surface area contributed by atoms with Gasteiger partial charge in [0.1, 0.15) is 24.5 Å². The fourth-order valence-electron chi connectivity index (χ4n) is 4.81. The number of esters is 1. The van der Waals surface area contributed by atoms with Crippen LogP contribution in [0.15, 0.2) is 42.5 Å². The molecule has 1 aliphatic rings. The van der Waals surface area contributed by atoms with Crippen LogP contribution in [0.1, 0.15) is 68.7 Å². The number of unbranched alkanes of at least 4 members (excludes halogenated alkanes) is 1. The minimum Gasteiger partial charge on any atom is -0.489 e. The van der Waals surface area contributed by atoms with Crippen molar-refractivity contribution in [1.82, 2.24) is 5.32 Å². The third-order valence-electron chi connectivity index (χ3n) is 6.73. The SMILES string of the molecule is CCCCOC(=O)CCc1ccc(C#N)c(OC[C@H](O)CNC(C)(C)CC2Cc3ccccc3C2)c1.Cl. The number of carbonyl (C=O) groups is 1. The van der Waals surface area contributed by atoms with Crippen molar-refractivity contribution in [2.24, 2.45) is 5.92 Å². The molecule has 2 N–H and O–H groups in total. The summed E-state index contributed by atoms with van der Waals surface area (Å²) in [6, 6.07) is 16.1. The zero-order chi connectivity index (χ0) is 26.0. The summed E-state index contributed by atoms with van der Waals surface area (Å²) in [7, 11) is 0. The molecule has 1 aliphatic carbocycles. The molecule has 0 saturated carbocycles. The number of hydrogen-bond acceptors (Lipinski definition) is 6. The lowest BCUT2D eigenvalue weighted by atomic mass is 9.88. The number of nitrogens with zero attached hydrogens (tertiary/aromatic N) is 1. The molecule has 0 aliphatic heterocycles. The number of nitrogens with one attached hydrogen (secondary N) is 1. The predicted molar refractivity (Wildman–Crippen MR) is 148 cm³/mol. The van der Waals surface area contributed by atoms with E-state index in [1.807, 2.05) is 6.07 Å². The first kappa shape index (κ1) is 30.6. The quantitative estimate of drug-likeness (QED) is 0.260. The van der Waals surface area contributed by atoms with Gasteiger partial charge in [-0.25, -0.2) is 0 Å². The number of β-amino-alcohol motifs (C(OH)–C–C–N with tert-alkyl or cyclic N) is 1. The number of fused-ring (bicyclic) bond motifs is 1. The Morgan fingerprint density at radius 1 is 1.22 bits per heavy atom. The third kappa shape index (κ3) is 10.0. The first-order valence-electron chi connectivity index (χ1n) is 13.1. The van der Waals surface area contributed by atoms with Gasteiger partial charge in [0.2, 0.25) is 0 Å². The second kappa shape index (κ2) is 15.0. The number of halogens is 1. The Hall–Kier alpha value is -2.59. The minimum absolute atomic E-state index is 0. The van der Waals surface area contributed by atoms with E-state index in [4.69, 9.17) is 9.47 Å². The van der Waals surface area contributed by atoms with E-state index >= 15 is 0 Å². The minimum atomic E-state index is -0.714. The highest BCUT2D eigenvalue weighted by Gasteiger charge is 2.28. The van der Waals surface area contributed by atoms with Crippen molar-refractivity contribution >= 4 is 18.4 Å². The molecule has 0 aromatic heterocycles. The molecule has 0 radical (unpaired) electrons. The normalized spacial score (nSPS) is 13.8. The molecule has 2 aromatic rings. The van der Waals surface area contributed by atoms with E-state index in [0.29, 0.717) is 36.8 Å². The fraction of sp³-hybridized carbons (Fsp3) is 0.533. The van der Waals surface area contributed by atoms with Crippen LogP contribution in [0.4, 0.5) is 0 Å². The Kier molecular flexibility index (Phi) is 12.4. The largest absolute Gasteiger partial charge is 0.489 e. The molecule has 1 atom stereocenters. The van der Waals surface area contributed by atoms with Gasteiger partial charge in [-0.05, 0) is 80.7 Å². The van der Waals surface area contributed by atoms with E-state index < -0.39 is 6.10 Å². The van der Waals surface area contributed by atoms with Crippen molar-refractivity contribution in [1.29, 1.82) is 5.26 Å². The van der Waals surface area contributed by atoms with Gasteiger partial charge in [0, 0.05) is 18.5 Å². The number of nitriles is 1. The van der Waals surface area contributed by atoms with Gasteiger partial charge in [-0.2, -0.15) is 5.26 Å². The number of ether oxygens (including phenoxy) is 2. The Balaban J connectivity index is 0.00000481. The smallest absolute Gasteiger partial charge is 0.306 e. The summed E-state index contributed by atoms with van der Waals surface area (Å²) in [5.41, 5.74) is 4.09. The zero-order valence-corrected chi connectivity index (χ0v) is 23.1. The summed E-state index contributed by atoms with van der Waals surface area (Å²) in [6.45, 7) is 7.33. The van der Waals surface area contributed by atoms with Crippen molar-refractivity contribution in [2.75, 3.05) is 19.8 Å². The Labute approximate surface area is 227 Å². The number of aliphatic hydroxyl groups is 1. The van der Waals surface area contributed by atoms with E-state index in [-0.39, 0.29) is 36.9 Å². The Morgan fingerprint density at radius 2 is 1.92 bits per heavy atom. The molecule has 2 aromatic carbocycles. The molecule has 0 saturated heterocycles. The van der Waals surface area contributed by atoms with E-state index in [1.54, 1.807) is 12.1 Å². The van der Waals surface area contributed by atoms with Crippen molar-refractivity contribution in [3.05, 3.63) is 64.7 Å². The molecule has 6 nitrogen and oxygen atoms in total. The maximum absolute atomic E-state index is 11.9. The molecule has 3 rings (SSSR count). The topological polar surface area (TPSA) is 91.6 Å². The molecular weight excluding hydrogens is 488 g/mol. The third-order valence-corrected chi connectivity index (χ3v) is 6.73. The molecule has 0 unspecified atom stereocenters. The summed E-state index contributed by atoms with van der Waals surface area (Å²) in [6.07, 6.45) is 5.17. The van der Waals surface area contributed by atoms with Crippen molar-refractivity contribution in [3.8, 4) is 11.8 Å². The molecular formula is C30H41ClN2O4. The van der Waals surface area contributed by atoms with Crippen LogP contribution in [-0.4, -0.2) is 42.5 Å². The van der Waals surface area contributed by atoms with Crippen molar-refractivity contribution in [3.63, 3.8) is 0 Å². The summed E-state index contributed by atoms with van der Waals surface area (Å²) < 4.78 is 11.0. The van der Waals surface area contributed by atoms with E-state index in [9.17, 15) is 15.2 Å². The van der Waals surface area contributed by atoms with Crippen molar-refractivity contribution < 1.29 is 19.4 Å². The molecule has 0 spiro atoms. The number of aliphatic hydroxyl groups excluding tert-OH is 1. The highest BCUT2D eigenvalue weighted by molar-refractivity contribution is 5.85. The lowest BCUT2D eigenvalue weighted by molar-refractivity contribution is -0.143. The zero-order valence-electron chi connectivity index (χ0n) is 22.3. The molecule has 37 heavy (non-hydrogen) atoms. The molecule has 202 valence electrons. The first-order chi connectivity index (χ1) is 17.3. The van der Waals surface area contributed by atoms with Gasteiger partial charge in [-0.15, -0.1) is 12.4 Å². The molecule has 0 bridgehead atoms. The molecule has 7 heteroatoms. The van der Waals surface area contributed by atoms with Gasteiger partial charge >= 0.3 is 5.97 Å². The number of benzene rings is 2. The van der Waals surface area contributed by atoms with E-state index in [0.717, 1.165) is 37.7 Å². The molecule has 0 heterocycles. The second-order valence-corrected chi connectivity index (χ2v) is 10.5. The van der Waals surface area contributed by atoms with Crippen LogP contribution in [0.3, 0.4) is 0 Å². The number of hydrogen-bond donors (Lipinski definition) is 2. The molecule has 0 fully saturated rings. The lowest BCUT2D eigenvalue weighted by Crippen LogP contribution is -2.46. The van der Waals surface area contributed by atoms with Gasteiger partial charge < -0.3 is 19.9 Å². The maximum atomic E-state index is 11.9. The fourth-order valence-corrected chi connectivity index (χ4v) is 4.81. The van der Waals surface area contributed by atoms with Crippen molar-refractivity contribution in [2.45, 2.75) is 77.4 Å². The first-order valence-corrected chi connectivity index (χ1v) is 13.1. The van der Waals surface area contributed by atoms with Crippen LogP contribution >= 0.6 is 12.4 Å². The van der Waals surface area contributed by atoms with Gasteiger partial charge in [0.25, 0.3) is 0 Å². The van der Waals surface area contributed by atoms with E-state index in [1.165, 1.54) is 11.1 Å². The van der Waals surface area contributed by atoms with E-state index in [2.05, 4.69) is 56.4 Å². The highest BCUT2D eigenvalue weighted by Crippen LogP contribution is 2.32. The molecule has 0 amide bonds. The van der Waals surface area contributed by atoms with Crippen LogP contribution in [-0.2, 0) is 28.8 Å². The summed E-state index contributed by atoms with van der Waals surface area (Å²) >= 11 is 0. The van der Waals surface area contributed by atoms with Crippen LogP contribution < -0.4 is 10.1 Å². The van der Waals surface area contributed by atoms with Gasteiger partial charge in [0.15, 0.2) is 0 Å². The van der Waals surface area contributed by atoms with Gasteiger partial charge in [-0.1, -0.05) is 43.7 Å². The highest BCUT2D eigenvalue weighted by atomic mass is 35.5. The number of carbonyl (C=O) groups excluding carboxylic acids is 1. The van der Waals surface area contributed by atoms with Crippen LogP contribution in [0.5, 0.6) is 5.75 Å². The Bertz CT molecular complexity index is 1030. The monoisotopic (exact) mass is 528 g/mol. The van der Waals surface area contributed by atoms with Gasteiger partial charge in [0.05, 0.1) is 12.2 Å². The Morgan fingerprint density at radius 3 is 2.57 bits per heavy atom. The average Bonchev–Trinajstić information content (AvgIpc) is 3.26. The lowest BCUT2D eigenvalue weighted by Gasteiger charge is -2.30.